The molecule has 4 N–H and O–H groups in total. The molecule has 1 aliphatic carbocycles. The molecule has 1 saturated heterocycles. The predicted molar refractivity (Wildman–Crippen MR) is 146 cm³/mol. The van der Waals surface area contributed by atoms with E-state index in [0.29, 0.717) is 34.0 Å². The highest BCUT2D eigenvalue weighted by Gasteiger charge is 2.37. The van der Waals surface area contributed by atoms with Crippen LogP contribution in [0.2, 0.25) is 0 Å². The van der Waals surface area contributed by atoms with Crippen molar-refractivity contribution < 1.29 is 12.8 Å². The van der Waals surface area contributed by atoms with Crippen molar-refractivity contribution in [3.05, 3.63) is 41.3 Å². The van der Waals surface area contributed by atoms with Gasteiger partial charge in [-0.15, -0.1) is 11.3 Å². The summed E-state index contributed by atoms with van der Waals surface area (Å²) in [7, 11) is -3.65. The highest BCUT2D eigenvalue weighted by atomic mass is 32.2. The molecule has 3 aromatic rings. The van der Waals surface area contributed by atoms with Crippen molar-refractivity contribution in [1.29, 1.82) is 0 Å². The second-order valence-electron chi connectivity index (χ2n) is 10.1. The second kappa shape index (κ2) is 10.6. The van der Waals surface area contributed by atoms with Crippen LogP contribution in [0.3, 0.4) is 0 Å². The number of hydrogen-bond donors (Lipinski definition) is 3. The molecule has 37 heavy (non-hydrogen) atoms. The molecule has 0 bridgehead atoms. The Hall–Kier alpha value is -2.63. The van der Waals surface area contributed by atoms with Gasteiger partial charge in [-0.05, 0) is 81.6 Å². The Morgan fingerprint density at radius 3 is 2.62 bits per heavy atom. The van der Waals surface area contributed by atoms with Gasteiger partial charge in [-0.2, -0.15) is 0 Å². The van der Waals surface area contributed by atoms with E-state index in [1.165, 1.54) is 43.1 Å². The number of piperidine rings is 1. The third-order valence-corrected chi connectivity index (χ3v) is 10.3. The third-order valence-electron chi connectivity index (χ3n) is 7.60. The zero-order chi connectivity index (χ0) is 26.0. The Morgan fingerprint density at radius 2 is 1.92 bits per heavy atom. The van der Waals surface area contributed by atoms with Crippen LogP contribution in [-0.4, -0.2) is 42.2 Å². The first kappa shape index (κ1) is 26.0. The Balaban J connectivity index is 1.52. The van der Waals surface area contributed by atoms with E-state index in [0.717, 1.165) is 30.9 Å². The third kappa shape index (κ3) is 5.63. The van der Waals surface area contributed by atoms with Gasteiger partial charge >= 0.3 is 0 Å². The van der Waals surface area contributed by atoms with Crippen LogP contribution in [0, 0.1) is 11.2 Å². The number of aromatic nitrogens is 3. The van der Waals surface area contributed by atoms with Crippen LogP contribution in [0.5, 0.6) is 0 Å². The average Bonchev–Trinajstić information content (AvgIpc) is 3.31. The fraction of sp³-hybridized carbons (Fsp3) is 0.500. The number of nitrogens with one attached hydrogen (secondary N) is 2. The summed E-state index contributed by atoms with van der Waals surface area (Å²) in [4.78, 5) is 14.1. The Labute approximate surface area is 221 Å². The predicted octanol–water partition coefficient (Wildman–Crippen LogP) is 5.17. The van der Waals surface area contributed by atoms with Gasteiger partial charge in [0.25, 0.3) is 0 Å². The zero-order valence-electron chi connectivity index (χ0n) is 21.0. The van der Waals surface area contributed by atoms with Gasteiger partial charge in [0.1, 0.15) is 0 Å². The first-order valence-corrected chi connectivity index (χ1v) is 15.4. The lowest BCUT2D eigenvalue weighted by atomic mass is 9.66. The van der Waals surface area contributed by atoms with E-state index >= 15 is 4.39 Å². The monoisotopic (exact) mass is 544 g/mol. The molecule has 198 valence electrons. The van der Waals surface area contributed by atoms with Gasteiger partial charge in [0.05, 0.1) is 32.7 Å². The maximum absolute atomic E-state index is 15.8. The molecule has 1 saturated carbocycles. The van der Waals surface area contributed by atoms with Crippen molar-refractivity contribution in [2.24, 2.45) is 5.41 Å². The molecule has 0 atom stereocenters. The molecule has 0 unspecified atom stereocenters. The Bertz CT molecular complexity index is 1360. The van der Waals surface area contributed by atoms with Crippen LogP contribution in [0.4, 0.5) is 16.0 Å². The van der Waals surface area contributed by atoms with Crippen LogP contribution in [0.1, 0.15) is 62.8 Å². The van der Waals surface area contributed by atoms with Crippen molar-refractivity contribution in [3.8, 4) is 21.8 Å². The van der Waals surface area contributed by atoms with Gasteiger partial charge in [0.2, 0.25) is 16.0 Å². The van der Waals surface area contributed by atoms with Crippen molar-refractivity contribution in [2.45, 2.75) is 57.8 Å². The Kier molecular flexibility index (Phi) is 7.46. The molecule has 2 fully saturated rings. The van der Waals surface area contributed by atoms with E-state index in [2.05, 4.69) is 20.0 Å². The maximum atomic E-state index is 15.8. The molecule has 8 nitrogen and oxygen atoms in total. The van der Waals surface area contributed by atoms with Gasteiger partial charge in [-0.3, -0.25) is 4.72 Å². The highest BCUT2D eigenvalue weighted by Crippen LogP contribution is 2.50. The topological polar surface area (TPSA) is 123 Å². The number of benzene rings is 1. The van der Waals surface area contributed by atoms with E-state index in [9.17, 15) is 8.42 Å². The Morgan fingerprint density at radius 1 is 1.16 bits per heavy atom. The quantitative estimate of drug-likeness (QED) is 0.375. The summed E-state index contributed by atoms with van der Waals surface area (Å²) in [6.45, 7) is 3.94. The standard InChI is InChI=1S/C26H33FN6O2S2/c1-2-16-37(34,35)33-19-5-3-4-18(21(19)27)22-23(20-8-13-30-25(28)31-20)36-24(32-22)17-6-9-26(10-7-17)11-14-29-15-12-26/h3-5,8,13,17,29,33H,2,6-7,9-12,14-16H2,1H3,(H2,28,30,31). The number of anilines is 2. The lowest BCUT2D eigenvalue weighted by molar-refractivity contribution is 0.123. The number of thiazole rings is 1. The van der Waals surface area contributed by atoms with Gasteiger partial charge in [0, 0.05) is 17.7 Å². The van der Waals surface area contributed by atoms with Crippen LogP contribution in [0.15, 0.2) is 30.5 Å². The number of rotatable bonds is 7. The van der Waals surface area contributed by atoms with Crippen molar-refractivity contribution in [1.82, 2.24) is 20.3 Å². The molecule has 5 rings (SSSR count). The molecule has 0 radical (unpaired) electrons. The van der Waals surface area contributed by atoms with E-state index in [1.807, 2.05) is 0 Å². The molecule has 2 aliphatic rings. The molecule has 0 amide bonds. The summed E-state index contributed by atoms with van der Waals surface area (Å²) in [5, 5.41) is 4.43. The number of halogens is 1. The number of nitrogen functional groups attached to an aromatic ring is 1. The van der Waals surface area contributed by atoms with Gasteiger partial charge in [-0.25, -0.2) is 27.8 Å². The molecule has 1 spiro atoms. The van der Waals surface area contributed by atoms with E-state index in [4.69, 9.17) is 10.7 Å². The van der Waals surface area contributed by atoms with Crippen LogP contribution < -0.4 is 15.8 Å². The van der Waals surface area contributed by atoms with Crippen molar-refractivity contribution >= 4 is 33.0 Å². The first-order chi connectivity index (χ1) is 17.8. The number of sulfonamides is 1. The van der Waals surface area contributed by atoms with Gasteiger partial charge in [-0.1, -0.05) is 13.0 Å². The average molecular weight is 545 g/mol. The van der Waals surface area contributed by atoms with Crippen LogP contribution in [-0.2, 0) is 10.0 Å². The minimum absolute atomic E-state index is 0.0811. The summed E-state index contributed by atoms with van der Waals surface area (Å²) in [6.07, 6.45) is 8.91. The molecule has 1 aliphatic heterocycles. The maximum Gasteiger partial charge on any atom is 0.232 e. The minimum atomic E-state index is -3.65. The van der Waals surface area contributed by atoms with Crippen molar-refractivity contribution in [3.63, 3.8) is 0 Å². The molecular weight excluding hydrogens is 511 g/mol. The molecule has 2 aromatic heterocycles. The van der Waals surface area contributed by atoms with E-state index in [-0.39, 0.29) is 23.0 Å². The minimum Gasteiger partial charge on any atom is -0.368 e. The second-order valence-corrected chi connectivity index (χ2v) is 13.0. The number of nitrogens with zero attached hydrogens (tertiary/aromatic N) is 3. The fourth-order valence-corrected chi connectivity index (χ4v) is 7.93. The first-order valence-electron chi connectivity index (χ1n) is 12.9. The summed E-state index contributed by atoms with van der Waals surface area (Å²) in [5.74, 6) is -0.307. The van der Waals surface area contributed by atoms with Crippen molar-refractivity contribution in [2.75, 3.05) is 29.3 Å². The zero-order valence-corrected chi connectivity index (χ0v) is 22.6. The van der Waals surface area contributed by atoms with E-state index < -0.39 is 15.8 Å². The molecule has 3 heterocycles. The summed E-state index contributed by atoms with van der Waals surface area (Å²) in [5.41, 5.74) is 7.48. The summed E-state index contributed by atoms with van der Waals surface area (Å²) >= 11 is 1.52. The molecular formula is C26H33FN6O2S2. The highest BCUT2D eigenvalue weighted by molar-refractivity contribution is 7.92. The lowest BCUT2D eigenvalue weighted by Gasteiger charge is -2.42. The molecule has 11 heteroatoms. The largest absolute Gasteiger partial charge is 0.368 e. The summed E-state index contributed by atoms with van der Waals surface area (Å²) in [6, 6.07) is 6.45. The normalized spacial score (nSPS) is 18.2. The number of nitrogens with two attached hydrogens (primary N) is 1. The van der Waals surface area contributed by atoms with Crippen LogP contribution in [0.25, 0.3) is 21.8 Å². The fourth-order valence-electron chi connectivity index (χ4n) is 5.58. The number of hydrogen-bond acceptors (Lipinski definition) is 8. The van der Waals surface area contributed by atoms with Gasteiger partial charge < -0.3 is 11.1 Å². The summed E-state index contributed by atoms with van der Waals surface area (Å²) < 4.78 is 42.8. The van der Waals surface area contributed by atoms with Crippen LogP contribution >= 0.6 is 11.3 Å². The smallest absolute Gasteiger partial charge is 0.232 e. The van der Waals surface area contributed by atoms with E-state index in [1.54, 1.807) is 31.3 Å². The SMILES string of the molecule is CCCS(=O)(=O)Nc1cccc(-c2nc(C3CCC4(CCNCC4)CC3)sc2-c2ccnc(N)n2)c1F. The lowest BCUT2D eigenvalue weighted by Crippen LogP contribution is -2.38. The van der Waals surface area contributed by atoms with Gasteiger partial charge in [0.15, 0.2) is 5.82 Å². The molecule has 1 aromatic carbocycles.